The van der Waals surface area contributed by atoms with Crippen LogP contribution in [0.25, 0.3) is 0 Å². The van der Waals surface area contributed by atoms with Crippen LogP contribution >= 0.6 is 0 Å². The number of likely N-dealkylation sites (tertiary alicyclic amines) is 1. The molecule has 0 aliphatic carbocycles. The lowest BCUT2D eigenvalue weighted by Crippen LogP contribution is -2.33. The second-order valence-corrected chi connectivity index (χ2v) is 5.79. The van der Waals surface area contributed by atoms with Crippen molar-refractivity contribution < 1.29 is 9.53 Å². The zero-order chi connectivity index (χ0) is 16.2. The Morgan fingerprint density at radius 2 is 2.22 bits per heavy atom. The third kappa shape index (κ3) is 3.53. The van der Waals surface area contributed by atoms with Crippen LogP contribution in [-0.2, 0) is 11.8 Å². The predicted octanol–water partition coefficient (Wildman–Crippen LogP) is 2.20. The molecule has 6 heteroatoms. The Kier molecular flexibility index (Phi) is 4.62. The molecule has 0 saturated carbocycles. The number of methoxy groups -OCH3 is 1. The van der Waals surface area contributed by atoms with Gasteiger partial charge in [0.05, 0.1) is 13.7 Å². The molecule has 1 amide bonds. The van der Waals surface area contributed by atoms with Gasteiger partial charge in [-0.3, -0.25) is 14.4 Å². The minimum absolute atomic E-state index is 0.0366. The Morgan fingerprint density at radius 1 is 1.39 bits per heavy atom. The van der Waals surface area contributed by atoms with Gasteiger partial charge in [-0.15, -0.1) is 0 Å². The molecule has 2 aromatic rings. The maximum Gasteiger partial charge on any atom is 0.239 e. The Balaban J connectivity index is 1.68. The summed E-state index contributed by atoms with van der Waals surface area (Å²) in [4.78, 5) is 14.5. The van der Waals surface area contributed by atoms with E-state index in [9.17, 15) is 4.79 Å². The van der Waals surface area contributed by atoms with Crippen molar-refractivity contribution in [3.63, 3.8) is 0 Å². The molecule has 1 saturated heterocycles. The first-order valence-corrected chi connectivity index (χ1v) is 7.84. The maximum atomic E-state index is 12.3. The third-order valence-corrected chi connectivity index (χ3v) is 4.19. The van der Waals surface area contributed by atoms with E-state index in [2.05, 4.69) is 21.4 Å². The number of hydrogen-bond donors (Lipinski definition) is 1. The van der Waals surface area contributed by atoms with Crippen LogP contribution in [0.15, 0.2) is 36.5 Å². The van der Waals surface area contributed by atoms with Crippen molar-refractivity contribution >= 4 is 11.7 Å². The third-order valence-electron chi connectivity index (χ3n) is 4.19. The molecule has 1 aromatic heterocycles. The fraction of sp³-hybridized carbons (Fsp3) is 0.412. The second-order valence-electron chi connectivity index (χ2n) is 5.79. The van der Waals surface area contributed by atoms with Gasteiger partial charge in [0.25, 0.3) is 0 Å². The van der Waals surface area contributed by atoms with Gasteiger partial charge in [-0.2, -0.15) is 5.10 Å². The predicted molar refractivity (Wildman–Crippen MR) is 88.4 cm³/mol. The molecule has 2 heterocycles. The molecule has 1 atom stereocenters. The number of rotatable bonds is 5. The van der Waals surface area contributed by atoms with Crippen LogP contribution in [-0.4, -0.2) is 40.8 Å². The number of hydrogen-bond acceptors (Lipinski definition) is 4. The molecule has 23 heavy (non-hydrogen) atoms. The fourth-order valence-corrected chi connectivity index (χ4v) is 3.16. The molecule has 0 bridgehead atoms. The van der Waals surface area contributed by atoms with Crippen LogP contribution in [0.1, 0.15) is 24.4 Å². The summed E-state index contributed by atoms with van der Waals surface area (Å²) in [5.74, 6) is 1.44. The first-order chi connectivity index (χ1) is 11.2. The van der Waals surface area contributed by atoms with Crippen molar-refractivity contribution in [3.8, 4) is 5.75 Å². The molecule has 0 unspecified atom stereocenters. The van der Waals surface area contributed by atoms with Gasteiger partial charge >= 0.3 is 0 Å². The zero-order valence-corrected chi connectivity index (χ0v) is 13.5. The zero-order valence-electron chi connectivity index (χ0n) is 13.5. The molecule has 1 aliphatic rings. The summed E-state index contributed by atoms with van der Waals surface area (Å²) < 4.78 is 7.14. The quantitative estimate of drug-likeness (QED) is 0.919. The van der Waals surface area contributed by atoms with Crippen molar-refractivity contribution in [1.82, 2.24) is 14.7 Å². The van der Waals surface area contributed by atoms with Gasteiger partial charge < -0.3 is 10.1 Å². The van der Waals surface area contributed by atoms with Crippen molar-refractivity contribution in [2.24, 2.45) is 7.05 Å². The van der Waals surface area contributed by atoms with E-state index in [0.29, 0.717) is 12.4 Å². The Labute approximate surface area is 136 Å². The summed E-state index contributed by atoms with van der Waals surface area (Å²) in [5.41, 5.74) is 1.15. The lowest BCUT2D eigenvalue weighted by atomic mass is 10.0. The normalized spacial score (nSPS) is 18.1. The molecular weight excluding hydrogens is 292 g/mol. The SMILES string of the molecule is COc1ccccc1[C@@H]1CCCN1CC(=O)Nc1ccn(C)n1. The highest BCUT2D eigenvalue weighted by molar-refractivity contribution is 5.91. The van der Waals surface area contributed by atoms with E-state index in [1.807, 2.05) is 31.4 Å². The molecule has 3 rings (SSSR count). The van der Waals surface area contributed by atoms with Gasteiger partial charge in [0.1, 0.15) is 5.75 Å². The molecule has 6 nitrogen and oxygen atoms in total. The molecule has 0 radical (unpaired) electrons. The highest BCUT2D eigenvalue weighted by Crippen LogP contribution is 2.36. The van der Waals surface area contributed by atoms with E-state index >= 15 is 0 Å². The molecule has 1 N–H and O–H groups in total. The smallest absolute Gasteiger partial charge is 0.239 e. The number of carbonyl (C=O) groups is 1. The second kappa shape index (κ2) is 6.83. The number of carbonyl (C=O) groups excluding carboxylic acids is 1. The largest absolute Gasteiger partial charge is 0.496 e. The van der Waals surface area contributed by atoms with Crippen molar-refractivity contribution in [1.29, 1.82) is 0 Å². The molecular formula is C17H22N4O2. The van der Waals surface area contributed by atoms with E-state index in [0.717, 1.165) is 30.7 Å². The first kappa shape index (κ1) is 15.6. The van der Waals surface area contributed by atoms with Gasteiger partial charge in [0.15, 0.2) is 5.82 Å². The highest BCUT2D eigenvalue weighted by atomic mass is 16.5. The topological polar surface area (TPSA) is 59.4 Å². The van der Waals surface area contributed by atoms with Gasteiger partial charge in [0, 0.05) is 30.9 Å². The number of anilines is 1. The van der Waals surface area contributed by atoms with Crippen LogP contribution in [0.3, 0.4) is 0 Å². The fourth-order valence-electron chi connectivity index (χ4n) is 3.16. The molecule has 122 valence electrons. The minimum atomic E-state index is -0.0366. The van der Waals surface area contributed by atoms with Gasteiger partial charge in [-0.05, 0) is 25.5 Å². The average molecular weight is 314 g/mol. The van der Waals surface area contributed by atoms with Crippen molar-refractivity contribution in [2.45, 2.75) is 18.9 Å². The summed E-state index contributed by atoms with van der Waals surface area (Å²) in [6.45, 7) is 1.28. The maximum absolute atomic E-state index is 12.3. The molecule has 1 aromatic carbocycles. The highest BCUT2D eigenvalue weighted by Gasteiger charge is 2.29. The first-order valence-electron chi connectivity index (χ1n) is 7.84. The number of benzene rings is 1. The van der Waals surface area contributed by atoms with Crippen LogP contribution in [0.4, 0.5) is 5.82 Å². The number of nitrogens with zero attached hydrogens (tertiary/aromatic N) is 3. The van der Waals surface area contributed by atoms with E-state index in [-0.39, 0.29) is 11.9 Å². The summed E-state index contributed by atoms with van der Waals surface area (Å²) in [6.07, 6.45) is 3.93. The minimum Gasteiger partial charge on any atom is -0.496 e. The summed E-state index contributed by atoms with van der Waals surface area (Å²) in [6, 6.07) is 10.1. The van der Waals surface area contributed by atoms with E-state index in [4.69, 9.17) is 4.74 Å². The standard InChI is InChI=1S/C17H22N4O2/c1-20-11-9-16(19-20)18-17(22)12-21-10-5-7-14(21)13-6-3-4-8-15(13)23-2/h3-4,6,8-9,11,14H,5,7,10,12H2,1-2H3,(H,18,19,22)/t14-/m0/s1. The number of aryl methyl sites for hydroxylation is 1. The Bertz CT molecular complexity index is 683. The van der Waals surface area contributed by atoms with E-state index in [1.165, 1.54) is 0 Å². The van der Waals surface area contributed by atoms with Gasteiger partial charge in [-0.1, -0.05) is 18.2 Å². The van der Waals surface area contributed by atoms with Crippen LogP contribution in [0.5, 0.6) is 5.75 Å². The number of nitrogens with one attached hydrogen (secondary N) is 1. The summed E-state index contributed by atoms with van der Waals surface area (Å²) in [5, 5.41) is 7.02. The van der Waals surface area contributed by atoms with Crippen molar-refractivity contribution in [3.05, 3.63) is 42.1 Å². The number of aromatic nitrogens is 2. The van der Waals surface area contributed by atoms with Gasteiger partial charge in [0.2, 0.25) is 5.91 Å². The van der Waals surface area contributed by atoms with Crippen LogP contribution < -0.4 is 10.1 Å². The van der Waals surface area contributed by atoms with Gasteiger partial charge in [-0.25, -0.2) is 0 Å². The van der Waals surface area contributed by atoms with Crippen molar-refractivity contribution in [2.75, 3.05) is 25.5 Å². The number of para-hydroxylation sites is 1. The van der Waals surface area contributed by atoms with E-state index < -0.39 is 0 Å². The molecule has 1 aliphatic heterocycles. The average Bonchev–Trinajstić information content (AvgIpc) is 3.16. The lowest BCUT2D eigenvalue weighted by Gasteiger charge is -2.25. The molecule has 1 fully saturated rings. The Hall–Kier alpha value is -2.34. The number of ether oxygens (including phenoxy) is 1. The summed E-state index contributed by atoms with van der Waals surface area (Å²) >= 11 is 0. The van der Waals surface area contributed by atoms with Crippen LogP contribution in [0.2, 0.25) is 0 Å². The lowest BCUT2D eigenvalue weighted by molar-refractivity contribution is -0.117. The monoisotopic (exact) mass is 314 g/mol. The van der Waals surface area contributed by atoms with E-state index in [1.54, 1.807) is 17.9 Å². The summed E-state index contributed by atoms with van der Waals surface area (Å²) in [7, 11) is 3.51. The van der Waals surface area contributed by atoms with Crippen LogP contribution in [0, 0.1) is 0 Å². The molecule has 0 spiro atoms. The number of amides is 1. The Morgan fingerprint density at radius 3 is 2.96 bits per heavy atom.